The number of aryl methyl sites for hydroxylation is 2. The second-order valence-corrected chi connectivity index (χ2v) is 6.22. The molecule has 0 saturated carbocycles. The van der Waals surface area contributed by atoms with Crippen molar-refractivity contribution in [3.63, 3.8) is 0 Å². The van der Waals surface area contributed by atoms with Crippen molar-refractivity contribution >= 4 is 15.7 Å². The number of benzene rings is 1. The number of hydrogen-bond acceptors (Lipinski definition) is 4. The van der Waals surface area contributed by atoms with Gasteiger partial charge >= 0.3 is 0 Å². The maximum Gasteiger partial charge on any atom is 0.261 e. The number of anilines is 1. The number of hydrogen-bond donors (Lipinski definition) is 2. The van der Waals surface area contributed by atoms with Gasteiger partial charge in [-0.1, -0.05) is 6.07 Å². The van der Waals surface area contributed by atoms with Crippen LogP contribution in [-0.4, -0.2) is 18.5 Å². The molecule has 1 heterocycles. The monoisotopic (exact) mass is 292 g/mol. The Kier molecular flexibility index (Phi) is 4.06. The summed E-state index contributed by atoms with van der Waals surface area (Å²) in [4.78, 5) is 4.16. The van der Waals surface area contributed by atoms with Crippen molar-refractivity contribution in [1.29, 1.82) is 0 Å². The van der Waals surface area contributed by atoms with Gasteiger partial charge in [-0.05, 0) is 49.2 Å². The van der Waals surface area contributed by atoms with Crippen LogP contribution in [0.1, 0.15) is 16.8 Å². The van der Waals surface area contributed by atoms with E-state index in [0.717, 1.165) is 11.3 Å². The van der Waals surface area contributed by atoms with Crippen molar-refractivity contribution in [3.05, 3.63) is 53.3 Å². The van der Waals surface area contributed by atoms with Crippen LogP contribution < -0.4 is 4.72 Å². The SMILES string of the molecule is Cc1ccc(NS(=O)(=O)c2ccc(C)c(CO)c2)cn1. The standard InChI is InChI=1S/C14H16N2O3S/c1-10-3-6-14(7-12(10)9-17)20(18,19)16-13-5-4-11(2)15-8-13/h3-8,16-17H,9H2,1-2H3. The molecule has 0 aliphatic rings. The molecule has 2 rings (SSSR count). The van der Waals surface area contributed by atoms with E-state index in [0.29, 0.717) is 11.3 Å². The van der Waals surface area contributed by atoms with Crippen LogP contribution in [0.2, 0.25) is 0 Å². The lowest BCUT2D eigenvalue weighted by Crippen LogP contribution is -2.13. The van der Waals surface area contributed by atoms with Crippen LogP contribution in [0, 0.1) is 13.8 Å². The molecule has 5 nitrogen and oxygen atoms in total. The minimum absolute atomic E-state index is 0.118. The normalized spacial score (nSPS) is 11.3. The van der Waals surface area contributed by atoms with Gasteiger partial charge in [-0.3, -0.25) is 9.71 Å². The molecule has 1 aromatic carbocycles. The van der Waals surface area contributed by atoms with Crippen molar-refractivity contribution in [1.82, 2.24) is 4.98 Å². The Bertz CT molecular complexity index is 710. The average molecular weight is 292 g/mol. The lowest BCUT2D eigenvalue weighted by molar-refractivity contribution is 0.281. The second-order valence-electron chi connectivity index (χ2n) is 4.54. The van der Waals surface area contributed by atoms with Crippen LogP contribution in [0.3, 0.4) is 0 Å². The Labute approximate surface area is 118 Å². The number of aromatic nitrogens is 1. The first-order valence-electron chi connectivity index (χ1n) is 6.08. The first-order valence-corrected chi connectivity index (χ1v) is 7.56. The molecule has 0 aliphatic heterocycles. The number of nitrogens with zero attached hydrogens (tertiary/aromatic N) is 1. The minimum atomic E-state index is -3.68. The van der Waals surface area contributed by atoms with E-state index in [9.17, 15) is 13.5 Å². The number of pyridine rings is 1. The van der Waals surface area contributed by atoms with E-state index in [1.807, 2.05) is 13.8 Å². The topological polar surface area (TPSA) is 79.3 Å². The molecule has 0 spiro atoms. The molecule has 0 atom stereocenters. The number of rotatable bonds is 4. The van der Waals surface area contributed by atoms with Gasteiger partial charge in [0.05, 0.1) is 23.4 Å². The summed E-state index contributed by atoms with van der Waals surface area (Å²) in [6.07, 6.45) is 1.47. The highest BCUT2D eigenvalue weighted by Crippen LogP contribution is 2.19. The van der Waals surface area contributed by atoms with Crippen molar-refractivity contribution in [2.24, 2.45) is 0 Å². The molecule has 6 heteroatoms. The number of sulfonamides is 1. The van der Waals surface area contributed by atoms with Gasteiger partial charge in [0.25, 0.3) is 10.0 Å². The molecule has 20 heavy (non-hydrogen) atoms. The number of aliphatic hydroxyl groups is 1. The molecule has 0 saturated heterocycles. The lowest BCUT2D eigenvalue weighted by atomic mass is 10.1. The maximum absolute atomic E-state index is 12.2. The fraction of sp³-hybridized carbons (Fsp3) is 0.214. The van der Waals surface area contributed by atoms with Gasteiger partial charge in [0.1, 0.15) is 0 Å². The highest BCUT2D eigenvalue weighted by Gasteiger charge is 2.15. The molecule has 106 valence electrons. The third kappa shape index (κ3) is 3.15. The molecule has 2 N–H and O–H groups in total. The minimum Gasteiger partial charge on any atom is -0.392 e. The summed E-state index contributed by atoms with van der Waals surface area (Å²) >= 11 is 0. The lowest BCUT2D eigenvalue weighted by Gasteiger charge is -2.10. The third-order valence-electron chi connectivity index (χ3n) is 2.96. The van der Waals surface area contributed by atoms with Gasteiger partial charge in [-0.2, -0.15) is 0 Å². The van der Waals surface area contributed by atoms with Crippen LogP contribution in [0.5, 0.6) is 0 Å². The van der Waals surface area contributed by atoms with Crippen LogP contribution >= 0.6 is 0 Å². The van der Waals surface area contributed by atoms with E-state index in [1.54, 1.807) is 18.2 Å². The zero-order valence-corrected chi connectivity index (χ0v) is 12.1. The Morgan fingerprint density at radius 2 is 1.95 bits per heavy atom. The highest BCUT2D eigenvalue weighted by atomic mass is 32.2. The summed E-state index contributed by atoms with van der Waals surface area (Å²) in [5, 5.41) is 9.20. The summed E-state index contributed by atoms with van der Waals surface area (Å²) in [5.41, 5.74) is 2.66. The summed E-state index contributed by atoms with van der Waals surface area (Å²) in [5.74, 6) is 0. The van der Waals surface area contributed by atoms with E-state index in [2.05, 4.69) is 9.71 Å². The zero-order chi connectivity index (χ0) is 14.8. The van der Waals surface area contributed by atoms with Crippen molar-refractivity contribution in [2.75, 3.05) is 4.72 Å². The molecule has 0 unspecified atom stereocenters. The van der Waals surface area contributed by atoms with Gasteiger partial charge in [0, 0.05) is 5.69 Å². The average Bonchev–Trinajstić information content (AvgIpc) is 2.41. The Balaban J connectivity index is 2.33. The van der Waals surface area contributed by atoms with Crippen LogP contribution in [0.15, 0.2) is 41.4 Å². The Morgan fingerprint density at radius 1 is 1.20 bits per heavy atom. The predicted molar refractivity (Wildman–Crippen MR) is 76.9 cm³/mol. The fourth-order valence-corrected chi connectivity index (χ4v) is 2.82. The summed E-state index contributed by atoms with van der Waals surface area (Å²) in [6.45, 7) is 3.45. The molecule has 0 bridgehead atoms. The van der Waals surface area contributed by atoms with E-state index in [1.165, 1.54) is 18.3 Å². The zero-order valence-electron chi connectivity index (χ0n) is 11.3. The molecule has 2 aromatic rings. The molecule has 0 fully saturated rings. The Morgan fingerprint density at radius 3 is 2.55 bits per heavy atom. The molecule has 0 aliphatic carbocycles. The van der Waals surface area contributed by atoms with Crippen LogP contribution in [0.25, 0.3) is 0 Å². The number of aliphatic hydroxyl groups excluding tert-OH is 1. The van der Waals surface area contributed by atoms with Crippen molar-refractivity contribution in [3.8, 4) is 0 Å². The largest absolute Gasteiger partial charge is 0.392 e. The van der Waals surface area contributed by atoms with E-state index >= 15 is 0 Å². The van der Waals surface area contributed by atoms with Crippen LogP contribution in [-0.2, 0) is 16.6 Å². The summed E-state index contributed by atoms with van der Waals surface area (Å²) < 4.78 is 27.0. The summed E-state index contributed by atoms with van der Waals surface area (Å²) in [7, 11) is -3.68. The second kappa shape index (κ2) is 5.60. The first-order chi connectivity index (χ1) is 9.42. The smallest absolute Gasteiger partial charge is 0.261 e. The van der Waals surface area contributed by atoms with Crippen LogP contribution in [0.4, 0.5) is 5.69 Å². The molecular weight excluding hydrogens is 276 g/mol. The number of nitrogens with one attached hydrogen (secondary N) is 1. The van der Waals surface area contributed by atoms with Gasteiger partial charge in [0.2, 0.25) is 0 Å². The fourth-order valence-electron chi connectivity index (χ4n) is 1.73. The maximum atomic E-state index is 12.2. The first kappa shape index (κ1) is 14.5. The predicted octanol–water partition coefficient (Wildman–Crippen LogP) is 1.99. The summed E-state index contributed by atoms with van der Waals surface area (Å²) in [6, 6.07) is 8.04. The van der Waals surface area contributed by atoms with E-state index < -0.39 is 10.0 Å². The van der Waals surface area contributed by atoms with E-state index in [-0.39, 0.29) is 11.5 Å². The van der Waals surface area contributed by atoms with Gasteiger partial charge in [-0.15, -0.1) is 0 Å². The molecule has 1 aromatic heterocycles. The van der Waals surface area contributed by atoms with Gasteiger partial charge < -0.3 is 5.11 Å². The quantitative estimate of drug-likeness (QED) is 0.903. The van der Waals surface area contributed by atoms with Crippen molar-refractivity contribution < 1.29 is 13.5 Å². The van der Waals surface area contributed by atoms with E-state index in [4.69, 9.17) is 0 Å². The van der Waals surface area contributed by atoms with Gasteiger partial charge in [0.15, 0.2) is 0 Å². The Hall–Kier alpha value is -1.92. The molecule has 0 amide bonds. The van der Waals surface area contributed by atoms with Crippen molar-refractivity contribution in [2.45, 2.75) is 25.3 Å². The molecule has 0 radical (unpaired) electrons. The highest BCUT2D eigenvalue weighted by molar-refractivity contribution is 7.92. The van der Waals surface area contributed by atoms with Gasteiger partial charge in [-0.25, -0.2) is 8.42 Å². The third-order valence-corrected chi connectivity index (χ3v) is 4.34. The molecular formula is C14H16N2O3S.